The Kier molecular flexibility index (Phi) is 10.9. The van der Waals surface area contributed by atoms with Crippen LogP contribution in [-0.2, 0) is 28.7 Å². The number of benzene rings is 2. The first-order chi connectivity index (χ1) is 23.8. The molecule has 3 amide bonds. The lowest BCUT2D eigenvalue weighted by Gasteiger charge is -2.36. The first kappa shape index (κ1) is 34.8. The number of anilines is 1. The predicted octanol–water partition coefficient (Wildman–Crippen LogP) is 4.20. The molecule has 0 aromatic heterocycles. The van der Waals surface area contributed by atoms with E-state index in [9.17, 15) is 24.3 Å². The van der Waals surface area contributed by atoms with E-state index in [-0.39, 0.29) is 50.4 Å². The number of rotatable bonds is 9. The number of amides is 3. The van der Waals surface area contributed by atoms with Crippen LogP contribution in [0.15, 0.2) is 77.3 Å². The molecule has 4 heterocycles. The standard InChI is InChI=1S/C37H42BrN3O8/c1-47-26-17-15-25(16-18-26)40-19-10-5-8-14-29(43)39-23-28(24-12-6-4-7-13-24)48-36(46)30-31-34(44)41(20-9-2-3-11-21-42)33(35(40)45)37(31)22-27(38)32(30)49-37/h4-7,10,12-13,15-18,22,28,30-33,42H,2-3,8-9,11,14,19-21,23H2,1H3,(H,39,43)/b10-5-/t28-,30-,31+,32-,33-,37+/m1/s1. The van der Waals surface area contributed by atoms with Crippen molar-refractivity contribution in [2.45, 2.75) is 62.4 Å². The number of esters is 1. The van der Waals surface area contributed by atoms with Crippen molar-refractivity contribution in [3.05, 3.63) is 82.9 Å². The van der Waals surface area contributed by atoms with Crippen molar-refractivity contribution in [2.75, 3.05) is 38.3 Å². The topological polar surface area (TPSA) is 135 Å². The summed E-state index contributed by atoms with van der Waals surface area (Å²) in [5.74, 6) is -2.91. The van der Waals surface area contributed by atoms with E-state index in [4.69, 9.17) is 14.2 Å². The van der Waals surface area contributed by atoms with E-state index in [1.165, 1.54) is 0 Å². The maximum Gasteiger partial charge on any atom is 0.313 e. The summed E-state index contributed by atoms with van der Waals surface area (Å²) in [6, 6.07) is 15.2. The van der Waals surface area contributed by atoms with Crippen LogP contribution in [0.25, 0.3) is 0 Å². The summed E-state index contributed by atoms with van der Waals surface area (Å²) < 4.78 is 18.7. The molecule has 2 N–H and O–H groups in total. The zero-order valence-corrected chi connectivity index (χ0v) is 29.0. The summed E-state index contributed by atoms with van der Waals surface area (Å²) in [4.78, 5) is 59.8. The summed E-state index contributed by atoms with van der Waals surface area (Å²) >= 11 is 3.61. The van der Waals surface area contributed by atoms with Crippen LogP contribution in [0.5, 0.6) is 5.75 Å². The largest absolute Gasteiger partial charge is 0.497 e. The Hall–Kier alpha value is -4.00. The molecular formula is C37H42BrN3O8. The number of aliphatic hydroxyl groups is 1. The Bertz CT molecular complexity index is 1600. The second kappa shape index (κ2) is 15.3. The smallest absolute Gasteiger partial charge is 0.313 e. The third-order valence-corrected chi connectivity index (χ3v) is 10.5. The minimum Gasteiger partial charge on any atom is -0.497 e. The van der Waals surface area contributed by atoms with Crippen LogP contribution in [0.3, 0.4) is 0 Å². The molecule has 49 heavy (non-hydrogen) atoms. The van der Waals surface area contributed by atoms with Crippen molar-refractivity contribution in [1.29, 1.82) is 0 Å². The van der Waals surface area contributed by atoms with Gasteiger partial charge in [-0.1, -0.05) is 71.3 Å². The molecule has 2 aromatic carbocycles. The van der Waals surface area contributed by atoms with Gasteiger partial charge in [0.1, 0.15) is 35.5 Å². The molecule has 260 valence electrons. The quantitative estimate of drug-likeness (QED) is 0.222. The second-order valence-electron chi connectivity index (χ2n) is 12.8. The number of carbonyl (C=O) groups excluding carboxylic acids is 4. The number of halogens is 1. The molecule has 2 aromatic rings. The first-order valence-corrected chi connectivity index (χ1v) is 17.7. The number of unbranched alkanes of at least 4 members (excludes halogenated alkanes) is 3. The summed E-state index contributed by atoms with van der Waals surface area (Å²) in [6.07, 6.45) is 7.33. The number of methoxy groups -OCH3 is 1. The lowest BCUT2D eigenvalue weighted by Crippen LogP contribution is -2.56. The Morgan fingerprint density at radius 2 is 1.73 bits per heavy atom. The van der Waals surface area contributed by atoms with Gasteiger partial charge in [0.05, 0.1) is 19.6 Å². The van der Waals surface area contributed by atoms with Crippen LogP contribution in [0.2, 0.25) is 0 Å². The fourth-order valence-corrected chi connectivity index (χ4v) is 8.14. The second-order valence-corrected chi connectivity index (χ2v) is 13.7. The number of hydrogen-bond acceptors (Lipinski definition) is 8. The van der Waals surface area contributed by atoms with Crippen LogP contribution in [-0.4, -0.2) is 84.8 Å². The summed E-state index contributed by atoms with van der Waals surface area (Å²) in [5, 5.41) is 12.2. The number of fused-ring (bicyclic) bond motifs is 2. The Morgan fingerprint density at radius 3 is 2.47 bits per heavy atom. The highest BCUT2D eigenvalue weighted by atomic mass is 79.9. The number of likely N-dealkylation sites (tertiary alicyclic amines) is 1. The molecule has 2 saturated heterocycles. The molecule has 4 aliphatic rings. The van der Waals surface area contributed by atoms with E-state index >= 15 is 0 Å². The summed E-state index contributed by atoms with van der Waals surface area (Å²) in [7, 11) is 1.57. The van der Waals surface area contributed by atoms with Gasteiger partial charge in [0.15, 0.2) is 0 Å². The zero-order chi connectivity index (χ0) is 34.5. The monoisotopic (exact) mass is 735 g/mol. The van der Waals surface area contributed by atoms with Crippen LogP contribution in [0.1, 0.15) is 50.2 Å². The van der Waals surface area contributed by atoms with Gasteiger partial charge in [0, 0.05) is 36.3 Å². The van der Waals surface area contributed by atoms with Gasteiger partial charge in [-0.3, -0.25) is 19.2 Å². The predicted molar refractivity (Wildman–Crippen MR) is 185 cm³/mol. The van der Waals surface area contributed by atoms with E-state index in [1.807, 2.05) is 42.5 Å². The normalized spacial score (nSPS) is 29.4. The Balaban J connectivity index is 1.42. The van der Waals surface area contributed by atoms with Gasteiger partial charge in [-0.25, -0.2) is 0 Å². The van der Waals surface area contributed by atoms with Crippen LogP contribution >= 0.6 is 15.9 Å². The number of ether oxygens (including phenoxy) is 3. The van der Waals surface area contributed by atoms with Crippen LogP contribution < -0.4 is 15.0 Å². The van der Waals surface area contributed by atoms with Gasteiger partial charge in [0.2, 0.25) is 11.8 Å². The molecule has 0 radical (unpaired) electrons. The highest BCUT2D eigenvalue weighted by molar-refractivity contribution is 9.11. The highest BCUT2D eigenvalue weighted by Crippen LogP contribution is 2.59. The molecule has 0 saturated carbocycles. The average Bonchev–Trinajstić information content (AvgIpc) is 3.71. The van der Waals surface area contributed by atoms with Crippen LogP contribution in [0.4, 0.5) is 5.69 Å². The third-order valence-electron chi connectivity index (χ3n) is 9.80. The maximum atomic E-state index is 15.0. The number of carbonyl (C=O) groups is 4. The summed E-state index contributed by atoms with van der Waals surface area (Å²) in [6.45, 7) is 0.609. The van der Waals surface area contributed by atoms with Gasteiger partial charge in [0.25, 0.3) is 5.91 Å². The molecule has 6 atom stereocenters. The SMILES string of the molecule is COc1ccc(N2C/C=C\CCC(=O)NC[C@H](c3ccccc3)OC(=O)[C@H]3[C@@H]4O[C@@]5(C=C4Br)[C@@H]3C(=O)N(CCCCCCO)[C@@H]5C2=O)cc1. The summed E-state index contributed by atoms with van der Waals surface area (Å²) in [5.41, 5.74) is -0.114. The number of cyclic esters (lactones) is 1. The van der Waals surface area contributed by atoms with Crippen molar-refractivity contribution < 1.29 is 38.5 Å². The molecule has 12 heteroatoms. The number of allylic oxidation sites excluding steroid dienone is 1. The lowest BCUT2D eigenvalue weighted by atomic mass is 9.74. The molecular weight excluding hydrogens is 694 g/mol. The maximum absolute atomic E-state index is 15.0. The molecule has 4 aliphatic heterocycles. The number of hydrogen-bond donors (Lipinski definition) is 2. The average molecular weight is 737 g/mol. The van der Waals surface area contributed by atoms with E-state index in [0.717, 1.165) is 12.8 Å². The van der Waals surface area contributed by atoms with Gasteiger partial charge in [-0.15, -0.1) is 0 Å². The lowest BCUT2D eigenvalue weighted by molar-refractivity contribution is -0.159. The van der Waals surface area contributed by atoms with Crippen LogP contribution in [0, 0.1) is 11.8 Å². The molecule has 6 rings (SSSR count). The van der Waals surface area contributed by atoms with Crippen molar-refractivity contribution in [1.82, 2.24) is 10.2 Å². The molecule has 2 fully saturated rings. The Morgan fingerprint density at radius 1 is 0.980 bits per heavy atom. The molecule has 0 aliphatic carbocycles. The minimum absolute atomic E-state index is 0.0592. The van der Waals surface area contributed by atoms with Gasteiger partial charge in [-0.05, 0) is 55.2 Å². The third kappa shape index (κ3) is 6.91. The molecule has 1 spiro atoms. The fraction of sp³-hybridized carbons (Fsp3) is 0.459. The first-order valence-electron chi connectivity index (χ1n) is 16.9. The highest BCUT2D eigenvalue weighted by Gasteiger charge is 2.75. The zero-order valence-electron chi connectivity index (χ0n) is 27.5. The van der Waals surface area contributed by atoms with Crippen molar-refractivity contribution >= 4 is 45.3 Å². The van der Waals surface area contributed by atoms with E-state index in [2.05, 4.69) is 21.2 Å². The number of nitrogens with zero attached hydrogens (tertiary/aromatic N) is 2. The van der Waals surface area contributed by atoms with Crippen molar-refractivity contribution in [3.63, 3.8) is 0 Å². The van der Waals surface area contributed by atoms with E-state index in [1.54, 1.807) is 47.3 Å². The molecule has 0 unspecified atom stereocenters. The van der Waals surface area contributed by atoms with Gasteiger partial charge >= 0.3 is 5.97 Å². The Labute approximate surface area is 294 Å². The fourth-order valence-electron chi connectivity index (χ4n) is 7.41. The number of aliphatic hydroxyl groups excluding tert-OH is 1. The molecule has 5 bridgehead atoms. The van der Waals surface area contributed by atoms with Crippen molar-refractivity contribution in [3.8, 4) is 5.75 Å². The van der Waals surface area contributed by atoms with E-state index < -0.39 is 41.7 Å². The molecule has 11 nitrogen and oxygen atoms in total. The van der Waals surface area contributed by atoms with E-state index in [0.29, 0.717) is 40.7 Å². The van der Waals surface area contributed by atoms with Gasteiger partial charge in [-0.2, -0.15) is 0 Å². The van der Waals surface area contributed by atoms with Crippen molar-refractivity contribution in [2.24, 2.45) is 11.8 Å². The van der Waals surface area contributed by atoms with Gasteiger partial charge < -0.3 is 34.4 Å². The number of nitrogens with one attached hydrogen (secondary N) is 1. The minimum atomic E-state index is -1.41.